The molecule has 0 N–H and O–H groups in total. The highest BCUT2D eigenvalue weighted by Crippen LogP contribution is 2.43. The number of fused-ring (bicyclic) bond motifs is 7. The first-order valence-corrected chi connectivity index (χ1v) is 15.8. The maximum atomic E-state index is 6.80. The van der Waals surface area contributed by atoms with Crippen LogP contribution in [0, 0.1) is 0 Å². The van der Waals surface area contributed by atoms with Crippen LogP contribution in [0.1, 0.15) is 50.7 Å². The topological polar surface area (TPSA) is 31.0 Å². The third-order valence-electron chi connectivity index (χ3n) is 8.77. The van der Waals surface area contributed by atoms with Gasteiger partial charge in [0.2, 0.25) is 0 Å². The Kier molecular flexibility index (Phi) is 5.99. The fraction of sp³-hybridized carbons (Fsp3) is 0.154. The molecular formula is C39H31BrN2O. The molecule has 43 heavy (non-hydrogen) atoms. The monoisotopic (exact) mass is 622 g/mol. The molecule has 0 saturated heterocycles. The first-order valence-electron chi connectivity index (χ1n) is 15.0. The van der Waals surface area contributed by atoms with Crippen molar-refractivity contribution in [1.82, 2.24) is 9.55 Å². The number of hydrogen-bond donors (Lipinski definition) is 0. The van der Waals surface area contributed by atoms with Gasteiger partial charge in [0.15, 0.2) is 0 Å². The third-order valence-corrected chi connectivity index (χ3v) is 9.22. The average molecular weight is 624 g/mol. The number of benzene rings is 6. The molecule has 0 aliphatic rings. The molecular weight excluding hydrogens is 592 g/mol. The van der Waals surface area contributed by atoms with Crippen LogP contribution < -0.4 is 0 Å². The van der Waals surface area contributed by atoms with E-state index in [4.69, 9.17) is 9.40 Å². The molecule has 0 fully saturated rings. The summed E-state index contributed by atoms with van der Waals surface area (Å²) in [5, 5.41) is 7.11. The lowest BCUT2D eigenvalue weighted by molar-refractivity contribution is 0.670. The Morgan fingerprint density at radius 2 is 1.35 bits per heavy atom. The van der Waals surface area contributed by atoms with Gasteiger partial charge < -0.3 is 4.42 Å². The van der Waals surface area contributed by atoms with E-state index in [1.807, 2.05) is 0 Å². The molecule has 210 valence electrons. The van der Waals surface area contributed by atoms with Crippen LogP contribution in [-0.4, -0.2) is 9.55 Å². The van der Waals surface area contributed by atoms with E-state index in [1.54, 1.807) is 0 Å². The van der Waals surface area contributed by atoms with Gasteiger partial charge in [0.05, 0.1) is 22.3 Å². The van der Waals surface area contributed by atoms with Gasteiger partial charge in [-0.1, -0.05) is 104 Å². The zero-order valence-corrected chi connectivity index (χ0v) is 26.2. The Bertz CT molecular complexity index is 2340. The van der Waals surface area contributed by atoms with Gasteiger partial charge in [-0.3, -0.25) is 4.57 Å². The molecule has 2 heterocycles. The van der Waals surface area contributed by atoms with Crippen molar-refractivity contribution in [2.24, 2.45) is 0 Å². The van der Waals surface area contributed by atoms with Gasteiger partial charge in [-0.2, -0.15) is 0 Å². The van der Waals surface area contributed by atoms with Crippen LogP contribution in [0.3, 0.4) is 0 Å². The summed E-state index contributed by atoms with van der Waals surface area (Å²) in [7, 11) is 0. The van der Waals surface area contributed by atoms with Crippen molar-refractivity contribution < 1.29 is 4.42 Å². The van der Waals surface area contributed by atoms with Crippen molar-refractivity contribution in [1.29, 1.82) is 0 Å². The molecule has 8 aromatic rings. The minimum atomic E-state index is 0.322. The van der Waals surface area contributed by atoms with Crippen LogP contribution in [0.15, 0.2) is 112 Å². The third kappa shape index (κ3) is 4.04. The number of imidazole rings is 1. The van der Waals surface area contributed by atoms with Gasteiger partial charge in [0.1, 0.15) is 17.0 Å². The number of aromatic nitrogens is 2. The number of rotatable bonds is 4. The lowest BCUT2D eigenvalue weighted by Gasteiger charge is -2.23. The van der Waals surface area contributed by atoms with Gasteiger partial charge in [0.25, 0.3) is 0 Å². The fourth-order valence-electron chi connectivity index (χ4n) is 6.69. The Morgan fingerprint density at radius 1 is 0.651 bits per heavy atom. The quantitative estimate of drug-likeness (QED) is 0.183. The number of nitrogens with zero attached hydrogens (tertiary/aromatic N) is 2. The van der Waals surface area contributed by atoms with Crippen molar-refractivity contribution in [2.45, 2.75) is 39.5 Å². The number of para-hydroxylation sites is 3. The van der Waals surface area contributed by atoms with E-state index < -0.39 is 0 Å². The summed E-state index contributed by atoms with van der Waals surface area (Å²) >= 11 is 3.81. The maximum Gasteiger partial charge on any atom is 0.149 e. The standard InChI is InChI=1S/C39H31BrN2O/c1-22(2)30-19-26(40)20-31(23(3)4)37(30)42-35-15-8-7-14-34(35)41-39(42)29-13-9-12-28-33-18-25-17-16-24-10-5-6-11-27(24)32(25)21-36(33)43-38(28)29/h5-23H,1-4H3. The van der Waals surface area contributed by atoms with Crippen LogP contribution in [0.4, 0.5) is 0 Å². The Morgan fingerprint density at radius 3 is 2.14 bits per heavy atom. The molecule has 0 spiro atoms. The second-order valence-electron chi connectivity index (χ2n) is 12.1. The van der Waals surface area contributed by atoms with Crippen LogP contribution in [-0.2, 0) is 0 Å². The van der Waals surface area contributed by atoms with Crippen molar-refractivity contribution in [3.63, 3.8) is 0 Å². The largest absolute Gasteiger partial charge is 0.455 e. The van der Waals surface area contributed by atoms with E-state index >= 15 is 0 Å². The molecule has 3 nitrogen and oxygen atoms in total. The molecule has 0 unspecified atom stereocenters. The summed E-state index contributed by atoms with van der Waals surface area (Å²) in [4.78, 5) is 5.29. The van der Waals surface area contributed by atoms with Crippen LogP contribution in [0.25, 0.3) is 71.6 Å². The number of halogens is 1. The van der Waals surface area contributed by atoms with E-state index in [2.05, 4.69) is 151 Å². The van der Waals surface area contributed by atoms with Crippen LogP contribution >= 0.6 is 15.9 Å². The van der Waals surface area contributed by atoms with Gasteiger partial charge in [-0.25, -0.2) is 4.98 Å². The second-order valence-corrected chi connectivity index (χ2v) is 13.1. The summed E-state index contributed by atoms with van der Waals surface area (Å²) < 4.78 is 10.3. The summed E-state index contributed by atoms with van der Waals surface area (Å²) in [6, 6.07) is 36.9. The molecule has 0 aliphatic carbocycles. The summed E-state index contributed by atoms with van der Waals surface area (Å²) in [5.41, 5.74) is 8.60. The Hall–Kier alpha value is -4.41. The molecule has 0 radical (unpaired) electrons. The maximum absolute atomic E-state index is 6.80. The van der Waals surface area contributed by atoms with Crippen molar-refractivity contribution in [3.8, 4) is 17.1 Å². The van der Waals surface area contributed by atoms with E-state index in [9.17, 15) is 0 Å². The lowest BCUT2D eigenvalue weighted by atomic mass is 9.92. The van der Waals surface area contributed by atoms with Crippen LogP contribution in [0.2, 0.25) is 0 Å². The zero-order chi connectivity index (χ0) is 29.4. The van der Waals surface area contributed by atoms with Gasteiger partial charge in [-0.15, -0.1) is 0 Å². The van der Waals surface area contributed by atoms with Crippen molar-refractivity contribution in [3.05, 3.63) is 119 Å². The average Bonchev–Trinajstić information content (AvgIpc) is 3.57. The first kappa shape index (κ1) is 26.2. The molecule has 0 bridgehead atoms. The van der Waals surface area contributed by atoms with Crippen molar-refractivity contribution in [2.75, 3.05) is 0 Å². The minimum Gasteiger partial charge on any atom is -0.455 e. The first-order chi connectivity index (χ1) is 20.9. The predicted octanol–water partition coefficient (Wildman–Crippen LogP) is 11.9. The fourth-order valence-corrected chi connectivity index (χ4v) is 7.18. The molecule has 0 atom stereocenters. The normalized spacial score (nSPS) is 12.3. The number of furan rings is 1. The molecule has 6 aromatic carbocycles. The summed E-state index contributed by atoms with van der Waals surface area (Å²) in [6.45, 7) is 9.07. The predicted molar refractivity (Wildman–Crippen MR) is 185 cm³/mol. The minimum absolute atomic E-state index is 0.322. The zero-order valence-electron chi connectivity index (χ0n) is 24.7. The highest BCUT2D eigenvalue weighted by atomic mass is 79.9. The second kappa shape index (κ2) is 9.82. The van der Waals surface area contributed by atoms with E-state index in [-0.39, 0.29) is 0 Å². The highest BCUT2D eigenvalue weighted by molar-refractivity contribution is 9.10. The van der Waals surface area contributed by atoms with E-state index in [0.29, 0.717) is 11.8 Å². The van der Waals surface area contributed by atoms with Gasteiger partial charge in [-0.05, 0) is 87.0 Å². The Labute approximate surface area is 258 Å². The SMILES string of the molecule is CC(C)c1cc(Br)cc(C(C)C)c1-n1c(-c2cccc3c2oc2cc4c(ccc5ccccc54)cc23)nc2ccccc21. The van der Waals surface area contributed by atoms with E-state index in [0.717, 1.165) is 48.8 Å². The molecule has 0 saturated carbocycles. The van der Waals surface area contributed by atoms with Crippen molar-refractivity contribution >= 4 is 70.4 Å². The highest BCUT2D eigenvalue weighted by Gasteiger charge is 2.25. The molecule has 2 aromatic heterocycles. The molecule has 8 rings (SSSR count). The molecule has 0 aliphatic heterocycles. The van der Waals surface area contributed by atoms with E-state index in [1.165, 1.54) is 38.4 Å². The molecule has 4 heteroatoms. The molecule has 0 amide bonds. The lowest BCUT2D eigenvalue weighted by Crippen LogP contribution is -2.09. The number of hydrogen-bond acceptors (Lipinski definition) is 2. The Balaban J connectivity index is 1.47. The van der Waals surface area contributed by atoms with Crippen LogP contribution in [0.5, 0.6) is 0 Å². The summed E-state index contributed by atoms with van der Waals surface area (Å²) in [5.74, 6) is 1.54. The summed E-state index contributed by atoms with van der Waals surface area (Å²) in [6.07, 6.45) is 0. The smallest absolute Gasteiger partial charge is 0.149 e. The van der Waals surface area contributed by atoms with Gasteiger partial charge in [0, 0.05) is 15.2 Å². The van der Waals surface area contributed by atoms with Gasteiger partial charge >= 0.3 is 0 Å².